The molecule has 0 spiro atoms. The van der Waals surface area contributed by atoms with E-state index in [0.717, 1.165) is 10.4 Å². The van der Waals surface area contributed by atoms with E-state index >= 15 is 0 Å². The number of nitrogens with one attached hydrogen (secondary N) is 1. The van der Waals surface area contributed by atoms with Crippen molar-refractivity contribution in [2.45, 2.75) is 53.0 Å². The number of aryl methyl sites for hydroxylation is 1. The van der Waals surface area contributed by atoms with Crippen LogP contribution in [-0.4, -0.2) is 29.3 Å². The molecule has 0 saturated heterocycles. The van der Waals surface area contributed by atoms with Gasteiger partial charge >= 0.3 is 0 Å². The summed E-state index contributed by atoms with van der Waals surface area (Å²) in [4.78, 5) is 18.0. The highest BCUT2D eigenvalue weighted by Gasteiger charge is 2.20. The minimum absolute atomic E-state index is 0.00598. The molecule has 1 unspecified atom stereocenters. The van der Waals surface area contributed by atoms with Crippen LogP contribution in [0.3, 0.4) is 0 Å². The fourth-order valence-corrected chi connectivity index (χ4v) is 4.05. The molecule has 1 atom stereocenters. The molecule has 2 heterocycles. The minimum atomic E-state index is -0.119. The van der Waals surface area contributed by atoms with E-state index in [2.05, 4.69) is 29.3 Å². The van der Waals surface area contributed by atoms with E-state index in [1.54, 1.807) is 11.3 Å². The van der Waals surface area contributed by atoms with E-state index in [-0.39, 0.29) is 17.9 Å². The van der Waals surface area contributed by atoms with E-state index in [0.29, 0.717) is 55.7 Å². The Balaban J connectivity index is 1.57. The van der Waals surface area contributed by atoms with Gasteiger partial charge in [0.2, 0.25) is 17.6 Å². The summed E-state index contributed by atoms with van der Waals surface area (Å²) in [5.41, 5.74) is 0.998. The Morgan fingerprint density at radius 3 is 2.62 bits per heavy atom. The number of carbonyl (C=O) groups is 1. The zero-order chi connectivity index (χ0) is 22.9. The average molecular weight is 458 g/mol. The lowest BCUT2D eigenvalue weighted by Gasteiger charge is -2.24. The molecule has 0 saturated carbocycles. The van der Waals surface area contributed by atoms with E-state index in [9.17, 15) is 4.79 Å². The number of thiophene rings is 1. The van der Waals surface area contributed by atoms with Crippen molar-refractivity contribution in [3.05, 3.63) is 47.2 Å². The maximum absolute atomic E-state index is 12.7. The molecule has 1 aromatic carbocycles. The summed E-state index contributed by atoms with van der Waals surface area (Å²) in [5.74, 6) is 2.77. The fourth-order valence-electron chi connectivity index (χ4n) is 3.40. The van der Waals surface area contributed by atoms with Gasteiger partial charge in [-0.05, 0) is 55.3 Å². The second kappa shape index (κ2) is 11.7. The van der Waals surface area contributed by atoms with Crippen LogP contribution in [0.15, 0.2) is 40.2 Å². The molecular weight excluding hydrogens is 426 g/mol. The predicted molar refractivity (Wildman–Crippen MR) is 125 cm³/mol. The molecule has 0 aliphatic heterocycles. The van der Waals surface area contributed by atoms with Gasteiger partial charge in [0.1, 0.15) is 0 Å². The molecule has 172 valence electrons. The van der Waals surface area contributed by atoms with Gasteiger partial charge in [-0.1, -0.05) is 31.1 Å². The number of aromatic nitrogens is 2. The number of rotatable bonds is 12. The number of hydrogen-bond donors (Lipinski definition) is 1. The summed E-state index contributed by atoms with van der Waals surface area (Å²) in [6.45, 7) is 9.18. The number of hydrogen-bond acceptors (Lipinski definition) is 7. The number of ether oxygens (including phenoxy) is 2. The quantitative estimate of drug-likeness (QED) is 0.390. The molecule has 0 bridgehead atoms. The SMILES string of the molecule is CCOc1ccc(C(NC(=O)CCCc2nc(-c3cccs3)no2)C(C)C)cc1OCC. The summed E-state index contributed by atoms with van der Waals surface area (Å²) in [5, 5.41) is 9.15. The molecule has 0 aliphatic rings. The third-order valence-corrected chi connectivity index (χ3v) is 5.78. The zero-order valence-electron chi connectivity index (χ0n) is 19.1. The Morgan fingerprint density at radius 2 is 1.94 bits per heavy atom. The molecule has 7 nitrogen and oxygen atoms in total. The Bertz CT molecular complexity index is 985. The minimum Gasteiger partial charge on any atom is -0.490 e. The van der Waals surface area contributed by atoms with Crippen molar-refractivity contribution in [1.82, 2.24) is 15.5 Å². The number of carbonyl (C=O) groups excluding carboxylic acids is 1. The average Bonchev–Trinajstić information content (AvgIpc) is 3.45. The molecule has 0 radical (unpaired) electrons. The van der Waals surface area contributed by atoms with Gasteiger partial charge in [-0.2, -0.15) is 4.98 Å². The van der Waals surface area contributed by atoms with Gasteiger partial charge in [-0.25, -0.2) is 0 Å². The van der Waals surface area contributed by atoms with Crippen molar-refractivity contribution in [3.8, 4) is 22.2 Å². The van der Waals surface area contributed by atoms with Crippen LogP contribution in [0.5, 0.6) is 11.5 Å². The van der Waals surface area contributed by atoms with Gasteiger partial charge in [0, 0.05) is 12.8 Å². The van der Waals surface area contributed by atoms with Gasteiger partial charge in [0.05, 0.1) is 24.1 Å². The smallest absolute Gasteiger partial charge is 0.226 e. The molecule has 3 rings (SSSR count). The molecule has 3 aromatic rings. The normalized spacial score (nSPS) is 12.0. The van der Waals surface area contributed by atoms with E-state index in [1.165, 1.54) is 0 Å². The summed E-state index contributed by atoms with van der Waals surface area (Å²) in [6, 6.07) is 9.65. The first-order valence-electron chi connectivity index (χ1n) is 11.1. The molecule has 0 aliphatic carbocycles. The van der Waals surface area contributed by atoms with Crippen LogP contribution >= 0.6 is 11.3 Å². The lowest BCUT2D eigenvalue weighted by Crippen LogP contribution is -2.31. The van der Waals surface area contributed by atoms with Crippen LogP contribution in [-0.2, 0) is 11.2 Å². The summed E-state index contributed by atoms with van der Waals surface area (Å²) < 4.78 is 16.7. The van der Waals surface area contributed by atoms with E-state index in [1.807, 2.05) is 49.6 Å². The Labute approximate surface area is 193 Å². The lowest BCUT2D eigenvalue weighted by atomic mass is 9.95. The molecular formula is C24H31N3O4S. The van der Waals surface area contributed by atoms with Crippen molar-refractivity contribution in [2.24, 2.45) is 5.92 Å². The third kappa shape index (κ3) is 6.32. The van der Waals surface area contributed by atoms with Crippen LogP contribution in [0.25, 0.3) is 10.7 Å². The molecule has 2 aromatic heterocycles. The van der Waals surface area contributed by atoms with Crippen molar-refractivity contribution < 1.29 is 18.8 Å². The largest absolute Gasteiger partial charge is 0.490 e. The monoisotopic (exact) mass is 457 g/mol. The summed E-state index contributed by atoms with van der Waals surface area (Å²) in [7, 11) is 0. The van der Waals surface area contributed by atoms with E-state index < -0.39 is 0 Å². The maximum Gasteiger partial charge on any atom is 0.226 e. The Kier molecular flexibility index (Phi) is 8.67. The maximum atomic E-state index is 12.7. The van der Waals surface area contributed by atoms with Crippen molar-refractivity contribution in [3.63, 3.8) is 0 Å². The predicted octanol–water partition coefficient (Wildman–Crippen LogP) is 5.43. The van der Waals surface area contributed by atoms with Gasteiger partial charge in [-0.3, -0.25) is 4.79 Å². The highest BCUT2D eigenvalue weighted by atomic mass is 32.1. The number of amides is 1. The zero-order valence-corrected chi connectivity index (χ0v) is 19.9. The van der Waals surface area contributed by atoms with Gasteiger partial charge in [0.25, 0.3) is 0 Å². The molecule has 8 heteroatoms. The molecule has 0 fully saturated rings. The summed E-state index contributed by atoms with van der Waals surface area (Å²) in [6.07, 6.45) is 1.58. The number of nitrogens with zero attached hydrogens (tertiary/aromatic N) is 2. The molecule has 32 heavy (non-hydrogen) atoms. The number of benzene rings is 1. The van der Waals surface area contributed by atoms with Crippen molar-refractivity contribution >= 4 is 17.2 Å². The first kappa shape index (κ1) is 23.8. The fraction of sp³-hybridized carbons (Fsp3) is 0.458. The summed E-state index contributed by atoms with van der Waals surface area (Å²) >= 11 is 1.57. The first-order valence-corrected chi connectivity index (χ1v) is 11.9. The van der Waals surface area contributed by atoms with Crippen LogP contribution < -0.4 is 14.8 Å². The standard InChI is InChI=1S/C24H31N3O4S/c1-5-29-18-13-12-17(15-19(18)30-6-2)23(16(3)4)25-21(28)10-7-11-22-26-24(27-31-22)20-9-8-14-32-20/h8-9,12-16,23H,5-7,10-11H2,1-4H3,(H,25,28). The van der Waals surface area contributed by atoms with Gasteiger partial charge in [-0.15, -0.1) is 11.3 Å². The molecule has 1 amide bonds. The van der Waals surface area contributed by atoms with Crippen molar-refractivity contribution in [1.29, 1.82) is 0 Å². The highest BCUT2D eigenvalue weighted by molar-refractivity contribution is 7.13. The van der Waals surface area contributed by atoms with Crippen LogP contribution in [0.1, 0.15) is 58.0 Å². The second-order valence-electron chi connectivity index (χ2n) is 7.70. The topological polar surface area (TPSA) is 86.5 Å². The van der Waals surface area contributed by atoms with Gasteiger partial charge in [0.15, 0.2) is 11.5 Å². The van der Waals surface area contributed by atoms with Crippen LogP contribution in [0.2, 0.25) is 0 Å². The Hall–Kier alpha value is -2.87. The molecule has 1 N–H and O–H groups in total. The van der Waals surface area contributed by atoms with Gasteiger partial charge < -0.3 is 19.3 Å². The lowest BCUT2D eigenvalue weighted by molar-refractivity contribution is -0.122. The van der Waals surface area contributed by atoms with Crippen LogP contribution in [0, 0.1) is 5.92 Å². The third-order valence-electron chi connectivity index (χ3n) is 4.91. The van der Waals surface area contributed by atoms with Crippen molar-refractivity contribution in [2.75, 3.05) is 13.2 Å². The Morgan fingerprint density at radius 1 is 1.16 bits per heavy atom. The first-order chi connectivity index (χ1) is 15.5. The van der Waals surface area contributed by atoms with E-state index in [4.69, 9.17) is 14.0 Å². The van der Waals surface area contributed by atoms with Crippen LogP contribution in [0.4, 0.5) is 0 Å². The highest BCUT2D eigenvalue weighted by Crippen LogP contribution is 2.33. The second-order valence-corrected chi connectivity index (χ2v) is 8.65.